The number of likely N-dealkylation sites (tertiary alicyclic amines) is 1. The molecule has 3 aromatic carbocycles. The first kappa shape index (κ1) is 52.5. The maximum absolute atomic E-state index is 16.0. The lowest BCUT2D eigenvalue weighted by Gasteiger charge is -2.43. The maximum atomic E-state index is 16.0. The first-order valence-electron chi connectivity index (χ1n) is 24.1. The largest absolute Gasteiger partial charge is 0.493 e. The van der Waals surface area contributed by atoms with Crippen molar-refractivity contribution in [3.63, 3.8) is 0 Å². The zero-order valence-corrected chi connectivity index (χ0v) is 42.2. The second kappa shape index (κ2) is 22.4. The fourth-order valence-corrected chi connectivity index (χ4v) is 10.3. The van der Waals surface area contributed by atoms with Crippen LogP contribution >= 0.6 is 11.3 Å². The number of amides is 3. The van der Waals surface area contributed by atoms with Crippen molar-refractivity contribution in [1.82, 2.24) is 30.4 Å². The van der Waals surface area contributed by atoms with Gasteiger partial charge in [0.05, 0.1) is 54.1 Å². The number of aromatic amines is 1. The molecule has 1 fully saturated rings. The summed E-state index contributed by atoms with van der Waals surface area (Å²) >= 11 is 1.56. The van der Waals surface area contributed by atoms with Crippen LogP contribution in [0.4, 0.5) is 13.2 Å². The Morgan fingerprint density at radius 3 is 2.31 bits per heavy atom. The molecule has 17 heteroatoms. The Bertz CT molecular complexity index is 2590. The number of thiazole rings is 1. The minimum Gasteiger partial charge on any atom is -0.493 e. The van der Waals surface area contributed by atoms with Crippen molar-refractivity contribution in [2.75, 3.05) is 46.1 Å². The average Bonchev–Trinajstić information content (AvgIpc) is 4.02. The van der Waals surface area contributed by atoms with E-state index in [9.17, 15) is 19.5 Å². The highest BCUT2D eigenvalue weighted by molar-refractivity contribution is 7.13. The molecule has 0 saturated carbocycles. The summed E-state index contributed by atoms with van der Waals surface area (Å²) in [5.74, 6) is -2.88. The van der Waals surface area contributed by atoms with Crippen molar-refractivity contribution in [1.29, 1.82) is 0 Å². The number of nitrogens with one attached hydrogen (secondary N) is 3. The molecule has 7 rings (SSSR count). The molecule has 4 N–H and O–H groups in total. The van der Waals surface area contributed by atoms with E-state index in [1.54, 1.807) is 16.8 Å². The maximum Gasteiger partial charge on any atom is 0.246 e. The lowest BCUT2D eigenvalue weighted by Crippen LogP contribution is -2.58. The minimum absolute atomic E-state index is 0.0163. The fourth-order valence-electron chi connectivity index (χ4n) is 9.50. The number of carbonyl (C=O) groups is 3. The number of hydrogen-bond acceptors (Lipinski definition) is 10. The van der Waals surface area contributed by atoms with Gasteiger partial charge in [0.15, 0.2) is 0 Å². The summed E-state index contributed by atoms with van der Waals surface area (Å²) in [5, 5.41) is 17.4. The van der Waals surface area contributed by atoms with Gasteiger partial charge in [-0.1, -0.05) is 63.2 Å². The van der Waals surface area contributed by atoms with Crippen molar-refractivity contribution in [2.45, 2.75) is 123 Å². The molecule has 2 aliphatic heterocycles. The Hall–Kier alpha value is -5.33. The third-order valence-corrected chi connectivity index (χ3v) is 14.0. The van der Waals surface area contributed by atoms with Crippen LogP contribution in [0.15, 0.2) is 66.2 Å². The number of unbranched alkanes of at least 4 members (excludes halogenated alkanes) is 1. The molecular weight excluding hydrogens is 922 g/mol. The Morgan fingerprint density at radius 2 is 1.64 bits per heavy atom. The molecule has 0 radical (unpaired) electrons. The summed E-state index contributed by atoms with van der Waals surface area (Å²) in [6.07, 6.45) is 0.889. The number of hydrogen-bond donors (Lipinski definition) is 4. The van der Waals surface area contributed by atoms with Gasteiger partial charge in [0, 0.05) is 66.5 Å². The van der Waals surface area contributed by atoms with E-state index >= 15 is 13.2 Å². The quantitative estimate of drug-likeness (QED) is 0.0562. The van der Waals surface area contributed by atoms with Gasteiger partial charge in [-0.25, -0.2) is 18.2 Å². The molecular formula is C53H67F3N6O7S. The zero-order chi connectivity index (χ0) is 50.5. The molecule has 1 saturated heterocycles. The fraction of sp³-hybridized carbons (Fsp3) is 0.509. The van der Waals surface area contributed by atoms with Gasteiger partial charge in [0.1, 0.15) is 41.7 Å². The number of β-amino-alcohol motifs (C(OH)–C–C–N with tert-alkyl or cyclic N) is 1. The van der Waals surface area contributed by atoms with E-state index in [4.69, 9.17) is 14.2 Å². The number of para-hydroxylation sites is 1. The number of rotatable bonds is 20. The highest BCUT2D eigenvalue weighted by atomic mass is 32.1. The van der Waals surface area contributed by atoms with Crippen molar-refractivity contribution in [3.05, 3.63) is 106 Å². The topological polar surface area (TPSA) is 158 Å². The molecule has 2 unspecified atom stereocenters. The number of aliphatic hydroxyl groups is 1. The number of aryl methyl sites for hydroxylation is 1. The van der Waals surface area contributed by atoms with Gasteiger partial charge in [-0.2, -0.15) is 0 Å². The minimum atomic E-state index is -1.61. The smallest absolute Gasteiger partial charge is 0.246 e. The first-order valence-corrected chi connectivity index (χ1v) is 25.0. The van der Waals surface area contributed by atoms with E-state index in [-0.39, 0.29) is 69.3 Å². The standard InChI is InChI=1S/C53H67F3N6O7S/c1-31-23-39-38-13-9-10-14-42(38)59-46(39)47(62(31)29-53(7,8)56)45-40(54)25-37(26-41(45)55)69-20-12-11-19-67-21-22-68-28-44(64)60-49(52(4,5)6)51(66)61-27-36(63)24-43(61)50(65)58-32(2)34-15-17-35(18-16-34)48-33(3)57-30-70-48/h9-10,13-18,25-26,30-32,36,43,47,49,59,63H,11-12,19-24,27-29H2,1-8H3,(H,58,65)(H,60,64)/t31-,32?,36-,43+,47-,49?/m1/s1. The first-order chi connectivity index (χ1) is 33.2. The summed E-state index contributed by atoms with van der Waals surface area (Å²) in [5.41, 5.74) is 4.67. The second-order valence-electron chi connectivity index (χ2n) is 20.3. The predicted octanol–water partition coefficient (Wildman–Crippen LogP) is 8.52. The van der Waals surface area contributed by atoms with Gasteiger partial charge in [0.2, 0.25) is 17.7 Å². The van der Waals surface area contributed by atoms with E-state index in [1.165, 1.54) is 30.9 Å². The lowest BCUT2D eigenvalue weighted by atomic mass is 9.85. The van der Waals surface area contributed by atoms with Crippen LogP contribution in [0, 0.1) is 24.0 Å². The second-order valence-corrected chi connectivity index (χ2v) is 21.2. The number of aliphatic hydroxyl groups excluding tert-OH is 1. The summed E-state index contributed by atoms with van der Waals surface area (Å²) in [6, 6.07) is 14.6. The molecule has 4 heterocycles. The van der Waals surface area contributed by atoms with Crippen LogP contribution in [0.25, 0.3) is 21.3 Å². The Kier molecular flexibility index (Phi) is 16.8. The number of fused-ring (bicyclic) bond motifs is 3. The monoisotopic (exact) mass is 988 g/mol. The van der Waals surface area contributed by atoms with Crippen LogP contribution in [0.3, 0.4) is 0 Å². The number of ether oxygens (including phenoxy) is 3. The van der Waals surface area contributed by atoms with Gasteiger partial charge < -0.3 is 39.8 Å². The van der Waals surface area contributed by atoms with Crippen molar-refractivity contribution in [2.24, 2.45) is 5.41 Å². The van der Waals surface area contributed by atoms with Gasteiger partial charge in [0.25, 0.3) is 0 Å². The Labute approximate surface area is 412 Å². The van der Waals surface area contributed by atoms with Crippen LogP contribution in [0.5, 0.6) is 5.75 Å². The predicted molar refractivity (Wildman–Crippen MR) is 264 cm³/mol. The van der Waals surface area contributed by atoms with E-state index in [0.29, 0.717) is 31.6 Å². The van der Waals surface area contributed by atoms with E-state index in [1.807, 2.05) is 95.0 Å². The molecule has 378 valence electrons. The van der Waals surface area contributed by atoms with Crippen molar-refractivity contribution >= 4 is 40.0 Å². The Morgan fingerprint density at radius 1 is 0.957 bits per heavy atom. The molecule has 0 spiro atoms. The van der Waals surface area contributed by atoms with E-state index < -0.39 is 64.7 Å². The van der Waals surface area contributed by atoms with Gasteiger partial charge >= 0.3 is 0 Å². The molecule has 2 aromatic heterocycles. The third kappa shape index (κ3) is 12.6. The normalized spacial score (nSPS) is 19.5. The van der Waals surface area contributed by atoms with Crippen LogP contribution < -0.4 is 15.4 Å². The number of benzene rings is 3. The molecule has 3 amide bonds. The Balaban J connectivity index is 0.833. The number of aromatic nitrogens is 2. The van der Waals surface area contributed by atoms with Crippen molar-refractivity contribution in [3.8, 4) is 16.2 Å². The van der Waals surface area contributed by atoms with E-state index in [2.05, 4.69) is 20.6 Å². The van der Waals surface area contributed by atoms with E-state index in [0.717, 1.165) is 38.2 Å². The molecule has 2 aliphatic rings. The number of H-pyrrole nitrogens is 1. The summed E-state index contributed by atoms with van der Waals surface area (Å²) in [7, 11) is 0. The molecule has 13 nitrogen and oxygen atoms in total. The number of halogens is 3. The number of carbonyl (C=O) groups excluding carboxylic acids is 3. The van der Waals surface area contributed by atoms with Gasteiger partial charge in [-0.3, -0.25) is 19.3 Å². The molecule has 0 bridgehead atoms. The third-order valence-electron chi connectivity index (χ3n) is 13.0. The summed E-state index contributed by atoms with van der Waals surface area (Å²) < 4.78 is 64.2. The number of nitrogens with zero attached hydrogens (tertiary/aromatic N) is 3. The zero-order valence-electron chi connectivity index (χ0n) is 41.4. The van der Waals surface area contributed by atoms with Gasteiger partial charge in [-0.15, -0.1) is 11.3 Å². The molecule has 70 heavy (non-hydrogen) atoms. The highest BCUT2D eigenvalue weighted by Crippen LogP contribution is 2.44. The molecule has 6 atom stereocenters. The summed E-state index contributed by atoms with van der Waals surface area (Å²) in [6.45, 7) is 14.6. The average molecular weight is 989 g/mol. The van der Waals surface area contributed by atoms with Crippen molar-refractivity contribution < 1.29 is 46.9 Å². The summed E-state index contributed by atoms with van der Waals surface area (Å²) in [4.78, 5) is 52.7. The van der Waals surface area contributed by atoms with Crippen LogP contribution in [0.1, 0.15) is 108 Å². The van der Waals surface area contributed by atoms with Crippen LogP contribution in [0.2, 0.25) is 0 Å². The molecule has 5 aromatic rings. The number of alkyl halides is 1. The highest BCUT2D eigenvalue weighted by Gasteiger charge is 2.45. The lowest BCUT2D eigenvalue weighted by molar-refractivity contribution is -0.144. The SMILES string of the molecule is Cc1ncsc1-c1ccc(C(C)NC(=O)[C@@H]2C[C@@H](O)CN2C(=O)C(NC(=O)COCCOCCCCOc2cc(F)c([C@@H]3c4[nH]c5ccccc5c4C[C@@H](C)N3CC(C)(C)F)c(F)c2)C(C)(C)C)cc1. The van der Waals surface area contributed by atoms with Gasteiger partial charge in [-0.05, 0) is 82.1 Å². The molecule has 0 aliphatic carbocycles. The van der Waals surface area contributed by atoms with Crippen LogP contribution in [-0.4, -0.2) is 119 Å². The van der Waals surface area contributed by atoms with Crippen LogP contribution in [-0.2, 0) is 30.3 Å².